The van der Waals surface area contributed by atoms with Crippen LogP contribution in [0, 0.1) is 13.8 Å². The van der Waals surface area contributed by atoms with Crippen molar-refractivity contribution in [3.8, 4) is 5.75 Å². The van der Waals surface area contributed by atoms with E-state index >= 15 is 0 Å². The van der Waals surface area contributed by atoms with Gasteiger partial charge in [-0.3, -0.25) is 14.6 Å². The van der Waals surface area contributed by atoms with Gasteiger partial charge in [-0.25, -0.2) is 8.42 Å². The second-order valence-electron chi connectivity index (χ2n) is 11.3. The monoisotopic (exact) mass is 633 g/mol. The molecule has 10 nitrogen and oxygen atoms in total. The summed E-state index contributed by atoms with van der Waals surface area (Å²) in [6.07, 6.45) is -2.23. The zero-order chi connectivity index (χ0) is 31.9. The smallest absolute Gasteiger partial charge is 0.406 e. The molecule has 0 aromatic heterocycles. The van der Waals surface area contributed by atoms with Gasteiger partial charge in [0.15, 0.2) is 0 Å². The van der Waals surface area contributed by atoms with Crippen molar-refractivity contribution in [2.24, 2.45) is 4.99 Å². The fraction of sp³-hybridized carbons (Fsp3) is 0.433. The minimum Gasteiger partial charge on any atom is -0.406 e. The van der Waals surface area contributed by atoms with Crippen LogP contribution < -0.4 is 15.4 Å². The molecule has 3 aliphatic heterocycles. The van der Waals surface area contributed by atoms with Gasteiger partial charge in [-0.15, -0.1) is 13.2 Å². The van der Waals surface area contributed by atoms with Crippen molar-refractivity contribution in [2.45, 2.75) is 51.1 Å². The lowest BCUT2D eigenvalue weighted by atomic mass is 9.89. The number of aliphatic imine (C=N–C) groups is 1. The Morgan fingerprint density at radius 3 is 2.43 bits per heavy atom. The topological polar surface area (TPSA) is 120 Å². The van der Waals surface area contributed by atoms with E-state index in [1.807, 2.05) is 25.8 Å². The van der Waals surface area contributed by atoms with E-state index in [-0.39, 0.29) is 49.3 Å². The second-order valence-corrected chi connectivity index (χ2v) is 13.1. The number of nitrogens with zero attached hydrogens (tertiary/aromatic N) is 3. The fourth-order valence-electron chi connectivity index (χ4n) is 5.91. The van der Waals surface area contributed by atoms with Crippen molar-refractivity contribution in [3.63, 3.8) is 0 Å². The van der Waals surface area contributed by atoms with Gasteiger partial charge >= 0.3 is 6.36 Å². The number of carbonyl (C=O) groups excluding carboxylic acids is 2. The molecule has 2 fully saturated rings. The molecule has 44 heavy (non-hydrogen) atoms. The summed E-state index contributed by atoms with van der Waals surface area (Å²) in [4.78, 5) is 32.3. The highest BCUT2D eigenvalue weighted by Gasteiger charge is 2.47. The van der Waals surface area contributed by atoms with Gasteiger partial charge in [-0.05, 0) is 87.2 Å². The van der Waals surface area contributed by atoms with Gasteiger partial charge in [0.2, 0.25) is 10.0 Å². The van der Waals surface area contributed by atoms with Crippen molar-refractivity contribution < 1.29 is 35.9 Å². The molecule has 2 aromatic carbocycles. The van der Waals surface area contributed by atoms with E-state index in [1.165, 1.54) is 22.5 Å². The Hall–Kier alpha value is -3.75. The molecule has 0 unspecified atom stereocenters. The van der Waals surface area contributed by atoms with E-state index in [0.29, 0.717) is 24.2 Å². The molecule has 0 aliphatic carbocycles. The number of nitrogens with one attached hydrogen (secondary N) is 2. The largest absolute Gasteiger partial charge is 0.573 e. The predicted molar refractivity (Wildman–Crippen MR) is 159 cm³/mol. The van der Waals surface area contributed by atoms with Gasteiger partial charge in [0.1, 0.15) is 17.1 Å². The Morgan fingerprint density at radius 2 is 1.82 bits per heavy atom. The molecule has 0 bridgehead atoms. The first-order valence-electron chi connectivity index (χ1n) is 14.2. The average Bonchev–Trinajstić information content (AvgIpc) is 3.56. The van der Waals surface area contributed by atoms with E-state index in [9.17, 15) is 31.2 Å². The van der Waals surface area contributed by atoms with Crippen molar-refractivity contribution in [2.75, 3.05) is 33.2 Å². The molecule has 236 valence electrons. The summed E-state index contributed by atoms with van der Waals surface area (Å²) >= 11 is 0. The first-order valence-corrected chi connectivity index (χ1v) is 15.7. The van der Waals surface area contributed by atoms with Crippen LogP contribution >= 0.6 is 0 Å². The first-order chi connectivity index (χ1) is 20.7. The summed E-state index contributed by atoms with van der Waals surface area (Å²) in [7, 11) is -1.97. The highest BCUT2D eigenvalue weighted by molar-refractivity contribution is 7.92. The van der Waals surface area contributed by atoms with Crippen LogP contribution in [0.15, 0.2) is 46.8 Å². The lowest BCUT2D eigenvalue weighted by Gasteiger charge is -2.34. The predicted octanol–water partition coefficient (Wildman–Crippen LogP) is 3.35. The third-order valence-corrected chi connectivity index (χ3v) is 9.93. The van der Waals surface area contributed by atoms with Gasteiger partial charge in [-0.2, -0.15) is 4.31 Å². The van der Waals surface area contributed by atoms with E-state index in [2.05, 4.69) is 20.4 Å². The number of likely N-dealkylation sites (tertiary alicyclic amines) is 1. The maximum atomic E-state index is 13.2. The minimum absolute atomic E-state index is 0.0307. The van der Waals surface area contributed by atoms with Crippen molar-refractivity contribution >= 4 is 33.7 Å². The molecule has 1 spiro atoms. The van der Waals surface area contributed by atoms with E-state index in [1.54, 1.807) is 12.1 Å². The molecule has 2 aromatic rings. The SMILES string of the molecule is CN[C@@H]1CCN(C(=O)c2cc(C)c(/C=C/S(=O)(=O)N3CCC4(CC3)N=C(c3cccc(OC(F)(F)F)c3)NC4=O)c(C)c2)C1. The number of benzene rings is 2. The zero-order valence-electron chi connectivity index (χ0n) is 24.6. The number of hydrogen-bond acceptors (Lipinski definition) is 7. The van der Waals surface area contributed by atoms with Crippen molar-refractivity contribution in [1.29, 1.82) is 0 Å². The van der Waals surface area contributed by atoms with Gasteiger partial charge in [0.25, 0.3) is 11.8 Å². The maximum absolute atomic E-state index is 13.2. The second kappa shape index (κ2) is 12.0. The Balaban J connectivity index is 1.26. The quantitative estimate of drug-likeness (QED) is 0.483. The minimum atomic E-state index is -4.86. The third-order valence-electron chi connectivity index (χ3n) is 8.36. The van der Waals surface area contributed by atoms with Crippen LogP contribution in [0.1, 0.15) is 51.9 Å². The molecule has 0 saturated carbocycles. The normalized spacial score (nSPS) is 20.8. The van der Waals surface area contributed by atoms with Crippen LogP contribution in [0.4, 0.5) is 13.2 Å². The molecule has 1 atom stereocenters. The number of piperidine rings is 1. The van der Waals surface area contributed by atoms with Crippen LogP contribution in [0.2, 0.25) is 0 Å². The van der Waals surface area contributed by atoms with Gasteiger partial charge in [0.05, 0.1) is 0 Å². The van der Waals surface area contributed by atoms with Crippen LogP contribution in [0.3, 0.4) is 0 Å². The van der Waals surface area contributed by atoms with E-state index < -0.39 is 33.6 Å². The standard InChI is InChI=1S/C30H34F3N5O5S/c1-19-15-22(27(39)37-11-7-23(18-37)34-3)16-20(2)25(19)8-14-44(41,42)38-12-9-29(10-13-38)28(40)35-26(36-29)21-5-4-6-24(17-21)43-30(31,32)33/h4-6,8,14-17,23,34H,7,9-13,18H2,1-3H3,(H,35,36,40)/b14-8+/t23-/m1/s1. The molecule has 2 saturated heterocycles. The first kappa shape index (κ1) is 31.7. The van der Waals surface area contributed by atoms with Crippen LogP contribution in [-0.2, 0) is 14.8 Å². The Labute approximate surface area is 254 Å². The van der Waals surface area contributed by atoms with Gasteiger partial charge < -0.3 is 20.3 Å². The average molecular weight is 634 g/mol. The summed E-state index contributed by atoms with van der Waals surface area (Å²) in [6.45, 7) is 5.05. The molecule has 5 rings (SSSR count). The number of ether oxygens (including phenoxy) is 1. The lowest BCUT2D eigenvalue weighted by molar-refractivity contribution is -0.274. The highest BCUT2D eigenvalue weighted by atomic mass is 32.2. The Morgan fingerprint density at radius 1 is 1.14 bits per heavy atom. The molecular weight excluding hydrogens is 599 g/mol. The number of alkyl halides is 3. The van der Waals surface area contributed by atoms with Crippen LogP contribution in [-0.4, -0.2) is 86.4 Å². The Kier molecular flexibility index (Phi) is 8.62. The summed E-state index contributed by atoms with van der Waals surface area (Å²) in [6, 6.07) is 8.97. The Bertz CT molecular complexity index is 1610. The van der Waals surface area contributed by atoms with Crippen LogP contribution in [0.5, 0.6) is 5.75 Å². The van der Waals surface area contributed by atoms with Crippen molar-refractivity contribution in [3.05, 3.63) is 69.6 Å². The molecule has 3 aliphatic rings. The van der Waals surface area contributed by atoms with E-state index in [4.69, 9.17) is 0 Å². The molecule has 0 radical (unpaired) electrons. The molecule has 2 N–H and O–H groups in total. The van der Waals surface area contributed by atoms with Crippen molar-refractivity contribution in [1.82, 2.24) is 19.8 Å². The van der Waals surface area contributed by atoms with E-state index in [0.717, 1.165) is 35.1 Å². The third kappa shape index (κ3) is 6.66. The van der Waals surface area contributed by atoms with Gasteiger partial charge in [-0.1, -0.05) is 12.1 Å². The van der Waals surface area contributed by atoms with Crippen LogP contribution in [0.25, 0.3) is 6.08 Å². The number of amides is 2. The molecule has 2 amide bonds. The maximum Gasteiger partial charge on any atom is 0.573 e. The summed E-state index contributed by atoms with van der Waals surface area (Å²) < 4.78 is 69.7. The summed E-state index contributed by atoms with van der Waals surface area (Å²) in [5, 5.41) is 6.96. The number of carbonyl (C=O) groups is 2. The fourth-order valence-corrected chi connectivity index (χ4v) is 7.08. The lowest BCUT2D eigenvalue weighted by Crippen LogP contribution is -2.50. The number of halogens is 3. The van der Waals surface area contributed by atoms with Gasteiger partial charge in [0, 0.05) is 48.8 Å². The molecular formula is C30H34F3N5O5S. The number of rotatable bonds is 7. The summed E-state index contributed by atoms with van der Waals surface area (Å²) in [5.41, 5.74) is 1.84. The number of sulfonamides is 1. The summed E-state index contributed by atoms with van der Waals surface area (Å²) in [5.74, 6) is -0.818. The number of likely N-dealkylation sites (N-methyl/N-ethyl adjacent to an activating group) is 1. The molecule has 3 heterocycles. The molecule has 14 heteroatoms. The zero-order valence-corrected chi connectivity index (χ0v) is 25.4. The number of hydrogen-bond donors (Lipinski definition) is 2. The number of amidine groups is 1. The number of aryl methyl sites for hydroxylation is 2. The highest BCUT2D eigenvalue weighted by Crippen LogP contribution is 2.33.